The third-order valence-electron chi connectivity index (χ3n) is 5.56. The molecular weight excluding hydrogens is 432 g/mol. The molecule has 0 unspecified atom stereocenters. The van der Waals surface area contributed by atoms with Crippen molar-refractivity contribution in [2.75, 3.05) is 0 Å². The van der Waals surface area contributed by atoms with Crippen LogP contribution in [0.25, 0.3) is 0 Å². The second-order valence-corrected chi connectivity index (χ2v) is 8.91. The molecule has 174 valence electrons. The van der Waals surface area contributed by atoms with Crippen molar-refractivity contribution < 1.29 is 23.8 Å². The van der Waals surface area contributed by atoms with E-state index in [1.807, 2.05) is 13.8 Å². The summed E-state index contributed by atoms with van der Waals surface area (Å²) in [6.45, 7) is 5.67. The number of aliphatic carboxylic acids is 1. The number of nitrogens with zero attached hydrogens (tertiary/aromatic N) is 1. The maximum absolute atomic E-state index is 13.3. The lowest BCUT2D eigenvalue weighted by Gasteiger charge is -2.39. The zero-order chi connectivity index (χ0) is 24.9. The van der Waals surface area contributed by atoms with E-state index in [0.29, 0.717) is 34.5 Å². The molecule has 3 aromatic carbocycles. The van der Waals surface area contributed by atoms with Crippen molar-refractivity contribution in [2.45, 2.75) is 45.7 Å². The van der Waals surface area contributed by atoms with Crippen molar-refractivity contribution in [1.82, 2.24) is 4.90 Å². The maximum atomic E-state index is 13.3. The van der Waals surface area contributed by atoms with Crippen LogP contribution in [0.3, 0.4) is 0 Å². The predicted molar refractivity (Wildman–Crippen MR) is 130 cm³/mol. The van der Waals surface area contributed by atoms with E-state index in [-0.39, 0.29) is 24.7 Å². The zero-order valence-corrected chi connectivity index (χ0v) is 19.5. The van der Waals surface area contributed by atoms with Crippen LogP contribution in [0.1, 0.15) is 37.5 Å². The van der Waals surface area contributed by atoms with Gasteiger partial charge < -0.3 is 14.7 Å². The molecule has 0 saturated heterocycles. The van der Waals surface area contributed by atoms with Crippen LogP contribution in [0.4, 0.5) is 4.39 Å². The molecule has 0 atom stereocenters. The van der Waals surface area contributed by atoms with E-state index in [4.69, 9.17) is 17.7 Å². The average Bonchev–Trinajstić information content (AvgIpc) is 2.74. The molecule has 3 aromatic rings. The van der Waals surface area contributed by atoms with Crippen LogP contribution < -0.4 is 10.2 Å². The van der Waals surface area contributed by atoms with Crippen LogP contribution in [-0.4, -0.2) is 35.3 Å². The molecular formula is C27H27BFNO4. The van der Waals surface area contributed by atoms with Gasteiger partial charge in [-0.3, -0.25) is 9.59 Å². The van der Waals surface area contributed by atoms with Gasteiger partial charge in [0.25, 0.3) is 0 Å². The van der Waals surface area contributed by atoms with E-state index in [1.54, 1.807) is 59.5 Å². The molecule has 0 saturated carbocycles. The monoisotopic (exact) mass is 459 g/mol. The van der Waals surface area contributed by atoms with E-state index in [9.17, 15) is 14.0 Å². The van der Waals surface area contributed by atoms with E-state index in [0.717, 1.165) is 5.56 Å². The summed E-state index contributed by atoms with van der Waals surface area (Å²) in [5, 5.41) is 9.06. The highest BCUT2D eigenvalue weighted by Gasteiger charge is 2.30. The van der Waals surface area contributed by atoms with Gasteiger partial charge in [-0.25, -0.2) is 4.39 Å². The van der Waals surface area contributed by atoms with Crippen LogP contribution >= 0.6 is 0 Å². The molecule has 3 rings (SSSR count). The number of carbonyl (C=O) groups is 2. The number of halogens is 1. The van der Waals surface area contributed by atoms with E-state index >= 15 is 0 Å². The number of carboxylic acids is 1. The lowest BCUT2D eigenvalue weighted by Crippen LogP contribution is -2.47. The molecule has 5 nitrogen and oxygen atoms in total. The summed E-state index contributed by atoms with van der Waals surface area (Å²) < 4.78 is 19.4. The highest BCUT2D eigenvalue weighted by molar-refractivity contribution is 6.32. The molecule has 1 N–H and O–H groups in total. The van der Waals surface area contributed by atoms with Gasteiger partial charge in [-0.2, -0.15) is 0 Å². The number of hydrogen-bond donors (Lipinski definition) is 1. The Labute approximate surface area is 200 Å². The van der Waals surface area contributed by atoms with Crippen molar-refractivity contribution in [1.29, 1.82) is 0 Å². The first kappa shape index (κ1) is 25.0. The van der Waals surface area contributed by atoms with Crippen LogP contribution in [0.2, 0.25) is 0 Å². The molecule has 0 aliphatic heterocycles. The smallest absolute Gasteiger partial charge is 0.307 e. The summed E-state index contributed by atoms with van der Waals surface area (Å²) in [6.07, 6.45) is 0.421. The first-order valence-corrected chi connectivity index (χ1v) is 10.9. The van der Waals surface area contributed by atoms with Crippen LogP contribution in [-0.2, 0) is 29.0 Å². The molecule has 0 aliphatic rings. The van der Waals surface area contributed by atoms with Crippen LogP contribution in [0, 0.1) is 5.82 Å². The SMILES string of the molecule is [B]c1ccc(Oc2cccc(CC(=O)O)c2)c(CN(C(C)=O)C(C)(C)Cc2ccc(F)cc2)c1. The standard InChI is InChI=1S/C27H27BFNO4/c1-18(31)30(27(2,3)16-19-7-10-23(29)11-8-19)17-21-15-22(28)9-12-25(21)34-24-6-4-5-20(13-24)14-26(32)33/h4-13,15H,14,16-17H2,1-3H3,(H,32,33). The Morgan fingerprint density at radius 1 is 1.03 bits per heavy atom. The normalized spacial score (nSPS) is 11.2. The first-order chi connectivity index (χ1) is 16.0. The molecule has 2 radical (unpaired) electrons. The Kier molecular flexibility index (Phi) is 7.77. The predicted octanol–water partition coefficient (Wildman–Crippen LogP) is 4.41. The Bertz CT molecular complexity index is 1180. The van der Waals surface area contributed by atoms with Gasteiger partial charge in [0.15, 0.2) is 0 Å². The summed E-state index contributed by atoms with van der Waals surface area (Å²) in [7, 11) is 6.04. The number of amides is 1. The molecule has 0 heterocycles. The fraction of sp³-hybridized carbons (Fsp3) is 0.259. The van der Waals surface area contributed by atoms with Gasteiger partial charge in [-0.1, -0.05) is 41.9 Å². The number of carbonyl (C=O) groups excluding carboxylic acids is 1. The second-order valence-electron chi connectivity index (χ2n) is 8.91. The molecule has 34 heavy (non-hydrogen) atoms. The van der Waals surface area contributed by atoms with E-state index in [2.05, 4.69) is 0 Å². The van der Waals surface area contributed by atoms with Crippen LogP contribution in [0.15, 0.2) is 66.7 Å². The lowest BCUT2D eigenvalue weighted by atomic mass is 9.90. The van der Waals surface area contributed by atoms with Crippen molar-refractivity contribution >= 4 is 25.2 Å². The largest absolute Gasteiger partial charge is 0.481 e. The van der Waals surface area contributed by atoms with Gasteiger partial charge in [0.1, 0.15) is 25.2 Å². The van der Waals surface area contributed by atoms with Gasteiger partial charge in [0.2, 0.25) is 5.91 Å². The minimum absolute atomic E-state index is 0.110. The van der Waals surface area contributed by atoms with Crippen molar-refractivity contribution in [3.8, 4) is 11.5 Å². The Balaban J connectivity index is 1.88. The minimum atomic E-state index is -0.925. The topological polar surface area (TPSA) is 66.8 Å². The molecule has 0 spiro atoms. The van der Waals surface area contributed by atoms with Gasteiger partial charge in [0.05, 0.1) is 6.42 Å². The highest BCUT2D eigenvalue weighted by atomic mass is 19.1. The summed E-state index contributed by atoms with van der Waals surface area (Å²) in [5.41, 5.74) is 2.20. The van der Waals surface area contributed by atoms with Crippen molar-refractivity contribution in [3.63, 3.8) is 0 Å². The van der Waals surface area contributed by atoms with Gasteiger partial charge in [-0.05, 0) is 61.7 Å². The average molecular weight is 459 g/mol. The molecule has 0 fully saturated rings. The quantitative estimate of drug-likeness (QED) is 0.482. The Morgan fingerprint density at radius 2 is 1.74 bits per heavy atom. The minimum Gasteiger partial charge on any atom is -0.481 e. The fourth-order valence-electron chi connectivity index (χ4n) is 3.96. The number of carboxylic acid groups (broad SMARTS) is 1. The fourth-order valence-corrected chi connectivity index (χ4v) is 3.96. The third-order valence-corrected chi connectivity index (χ3v) is 5.56. The van der Waals surface area contributed by atoms with E-state index < -0.39 is 11.5 Å². The summed E-state index contributed by atoms with van der Waals surface area (Å²) >= 11 is 0. The van der Waals surface area contributed by atoms with Gasteiger partial charge >= 0.3 is 5.97 Å². The first-order valence-electron chi connectivity index (χ1n) is 10.9. The third kappa shape index (κ3) is 6.70. The molecule has 0 aromatic heterocycles. The summed E-state index contributed by atoms with van der Waals surface area (Å²) in [5.74, 6) is -0.344. The zero-order valence-electron chi connectivity index (χ0n) is 19.5. The summed E-state index contributed by atoms with van der Waals surface area (Å²) in [6, 6.07) is 18.3. The molecule has 1 amide bonds. The van der Waals surface area contributed by atoms with Crippen LogP contribution in [0.5, 0.6) is 11.5 Å². The Hall–Kier alpha value is -3.61. The number of ether oxygens (including phenoxy) is 1. The van der Waals surface area contributed by atoms with Gasteiger partial charge in [-0.15, -0.1) is 0 Å². The van der Waals surface area contributed by atoms with Gasteiger partial charge in [0, 0.05) is 24.6 Å². The number of hydrogen-bond acceptors (Lipinski definition) is 3. The molecule has 7 heteroatoms. The number of rotatable bonds is 9. The molecule has 0 bridgehead atoms. The van der Waals surface area contributed by atoms with Crippen molar-refractivity contribution in [2.24, 2.45) is 0 Å². The lowest BCUT2D eigenvalue weighted by molar-refractivity contribution is -0.136. The second kappa shape index (κ2) is 10.6. The van der Waals surface area contributed by atoms with Crippen molar-refractivity contribution in [3.05, 3.63) is 89.2 Å². The maximum Gasteiger partial charge on any atom is 0.307 e. The Morgan fingerprint density at radius 3 is 2.38 bits per heavy atom. The molecule has 0 aliphatic carbocycles. The summed E-state index contributed by atoms with van der Waals surface area (Å²) in [4.78, 5) is 25.5. The van der Waals surface area contributed by atoms with E-state index in [1.165, 1.54) is 19.1 Å². The number of benzene rings is 3. The highest BCUT2D eigenvalue weighted by Crippen LogP contribution is 2.30.